The predicted octanol–water partition coefficient (Wildman–Crippen LogP) is 0.680. The van der Waals surface area contributed by atoms with Crippen molar-refractivity contribution in [2.75, 3.05) is 25.9 Å². The molecule has 1 aliphatic heterocycles. The van der Waals surface area contributed by atoms with Gasteiger partial charge in [0.1, 0.15) is 6.17 Å². The summed E-state index contributed by atoms with van der Waals surface area (Å²) in [7, 11) is 1.93. The smallest absolute Gasteiger partial charge is 0.135 e. The average molecular weight is 198 g/mol. The van der Waals surface area contributed by atoms with E-state index in [0.717, 1.165) is 13.0 Å². The monoisotopic (exact) mass is 198 g/mol. The van der Waals surface area contributed by atoms with E-state index in [2.05, 4.69) is 5.10 Å². The fraction of sp³-hybridized carbons (Fsp3) is 0.667. The zero-order valence-corrected chi connectivity index (χ0v) is 8.23. The number of hydrogen-bond acceptors (Lipinski definition) is 3. The highest BCUT2D eigenvalue weighted by atomic mass is 19.1. The van der Waals surface area contributed by atoms with E-state index >= 15 is 0 Å². The molecule has 1 aromatic rings. The van der Waals surface area contributed by atoms with Gasteiger partial charge in [0.25, 0.3) is 0 Å². The van der Waals surface area contributed by atoms with Crippen LogP contribution in [-0.2, 0) is 0 Å². The minimum atomic E-state index is -0.854. The standard InChI is InChI=1S/C9H15FN4/c1-13-3-2-9(8(10)6-13)14-5-7(11)4-12-14/h4-5,8-9H,2-3,6,11H2,1H3. The van der Waals surface area contributed by atoms with E-state index in [-0.39, 0.29) is 6.04 Å². The summed E-state index contributed by atoms with van der Waals surface area (Å²) in [5, 5.41) is 4.05. The minimum absolute atomic E-state index is 0.150. The Balaban J connectivity index is 2.11. The second-order valence-electron chi connectivity index (χ2n) is 3.89. The molecule has 2 N–H and O–H groups in total. The number of likely N-dealkylation sites (tertiary alicyclic amines) is 1. The predicted molar refractivity (Wildman–Crippen MR) is 52.7 cm³/mol. The Kier molecular flexibility index (Phi) is 2.41. The van der Waals surface area contributed by atoms with Gasteiger partial charge in [-0.05, 0) is 13.5 Å². The second-order valence-corrected chi connectivity index (χ2v) is 3.89. The van der Waals surface area contributed by atoms with Gasteiger partial charge in [-0.25, -0.2) is 4.39 Å². The molecule has 0 radical (unpaired) electrons. The van der Waals surface area contributed by atoms with Crippen LogP contribution in [0, 0.1) is 0 Å². The quantitative estimate of drug-likeness (QED) is 0.721. The van der Waals surface area contributed by atoms with Crippen LogP contribution < -0.4 is 5.73 Å². The molecule has 1 saturated heterocycles. The molecule has 2 heterocycles. The van der Waals surface area contributed by atoms with Crippen molar-refractivity contribution < 1.29 is 4.39 Å². The van der Waals surface area contributed by atoms with Crippen molar-refractivity contribution >= 4 is 5.69 Å². The summed E-state index contributed by atoms with van der Waals surface area (Å²) >= 11 is 0. The Morgan fingerprint density at radius 1 is 1.64 bits per heavy atom. The molecule has 0 spiro atoms. The van der Waals surface area contributed by atoms with Crippen LogP contribution in [0.1, 0.15) is 12.5 Å². The Bertz CT molecular complexity index is 312. The van der Waals surface area contributed by atoms with E-state index in [9.17, 15) is 4.39 Å². The summed E-state index contributed by atoms with van der Waals surface area (Å²) in [6.07, 6.45) is 3.19. The topological polar surface area (TPSA) is 47.1 Å². The number of halogens is 1. The molecule has 2 unspecified atom stereocenters. The van der Waals surface area contributed by atoms with Crippen LogP contribution in [0.3, 0.4) is 0 Å². The number of piperidine rings is 1. The van der Waals surface area contributed by atoms with E-state index in [1.54, 1.807) is 17.1 Å². The largest absolute Gasteiger partial charge is 0.396 e. The number of nitrogens with two attached hydrogens (primary N) is 1. The van der Waals surface area contributed by atoms with Gasteiger partial charge in [-0.3, -0.25) is 4.68 Å². The van der Waals surface area contributed by atoms with E-state index in [1.807, 2.05) is 11.9 Å². The highest BCUT2D eigenvalue weighted by molar-refractivity contribution is 5.30. The molecule has 5 heteroatoms. The normalized spacial score (nSPS) is 29.3. The van der Waals surface area contributed by atoms with E-state index in [1.165, 1.54) is 0 Å². The van der Waals surface area contributed by atoms with Gasteiger partial charge in [-0.15, -0.1) is 0 Å². The molecular formula is C9H15FN4. The first-order valence-corrected chi connectivity index (χ1v) is 4.79. The third kappa shape index (κ3) is 1.72. The van der Waals surface area contributed by atoms with Gasteiger partial charge in [0.15, 0.2) is 0 Å². The van der Waals surface area contributed by atoms with Crippen LogP contribution >= 0.6 is 0 Å². The number of nitrogens with zero attached hydrogens (tertiary/aromatic N) is 3. The highest BCUT2D eigenvalue weighted by Crippen LogP contribution is 2.24. The second kappa shape index (κ2) is 3.57. The fourth-order valence-corrected chi connectivity index (χ4v) is 1.88. The number of alkyl halides is 1. The molecule has 2 atom stereocenters. The number of anilines is 1. The van der Waals surface area contributed by atoms with Crippen molar-refractivity contribution in [3.63, 3.8) is 0 Å². The van der Waals surface area contributed by atoms with Crippen LogP contribution in [0.5, 0.6) is 0 Å². The SMILES string of the molecule is CN1CCC(n2cc(N)cn2)C(F)C1. The first-order valence-electron chi connectivity index (χ1n) is 4.79. The number of rotatable bonds is 1. The maximum Gasteiger partial charge on any atom is 0.135 e. The van der Waals surface area contributed by atoms with Gasteiger partial charge in [0.05, 0.1) is 17.9 Å². The Hall–Kier alpha value is -1.10. The third-order valence-electron chi connectivity index (χ3n) is 2.67. The van der Waals surface area contributed by atoms with Gasteiger partial charge >= 0.3 is 0 Å². The summed E-state index contributed by atoms with van der Waals surface area (Å²) in [6.45, 7) is 1.38. The molecule has 0 aromatic carbocycles. The maximum atomic E-state index is 13.7. The van der Waals surface area contributed by atoms with Gasteiger partial charge in [-0.2, -0.15) is 5.10 Å². The van der Waals surface area contributed by atoms with Crippen LogP contribution in [0.4, 0.5) is 10.1 Å². The first-order chi connectivity index (χ1) is 6.66. The molecule has 0 saturated carbocycles. The van der Waals surface area contributed by atoms with Crippen molar-refractivity contribution in [2.45, 2.75) is 18.6 Å². The molecule has 78 valence electrons. The zero-order chi connectivity index (χ0) is 10.1. The number of hydrogen-bond donors (Lipinski definition) is 1. The lowest BCUT2D eigenvalue weighted by atomic mass is 10.0. The summed E-state index contributed by atoms with van der Waals surface area (Å²) in [6, 6.07) is -0.150. The first kappa shape index (κ1) is 9.45. The lowest BCUT2D eigenvalue weighted by molar-refractivity contribution is 0.101. The summed E-state index contributed by atoms with van der Waals surface area (Å²) in [4.78, 5) is 1.99. The minimum Gasteiger partial charge on any atom is -0.396 e. The fourth-order valence-electron chi connectivity index (χ4n) is 1.88. The van der Waals surface area contributed by atoms with E-state index < -0.39 is 6.17 Å². The number of nitrogen functional groups attached to an aromatic ring is 1. The van der Waals surface area contributed by atoms with Gasteiger partial charge in [-0.1, -0.05) is 0 Å². The molecular weight excluding hydrogens is 183 g/mol. The lowest BCUT2D eigenvalue weighted by Crippen LogP contribution is -2.40. The van der Waals surface area contributed by atoms with Gasteiger partial charge < -0.3 is 10.6 Å². The lowest BCUT2D eigenvalue weighted by Gasteiger charge is -2.32. The molecule has 0 bridgehead atoms. The molecule has 0 amide bonds. The molecule has 4 nitrogen and oxygen atoms in total. The van der Waals surface area contributed by atoms with Crippen molar-refractivity contribution in [1.29, 1.82) is 0 Å². The Morgan fingerprint density at radius 2 is 2.43 bits per heavy atom. The molecule has 14 heavy (non-hydrogen) atoms. The Labute approximate surface area is 82.5 Å². The number of aromatic nitrogens is 2. The average Bonchev–Trinajstić information content (AvgIpc) is 2.51. The molecule has 1 aromatic heterocycles. The van der Waals surface area contributed by atoms with Gasteiger partial charge in [0, 0.05) is 19.3 Å². The molecule has 2 rings (SSSR count). The summed E-state index contributed by atoms with van der Waals surface area (Å²) in [5.41, 5.74) is 6.14. The molecule has 1 aliphatic rings. The molecule has 1 fully saturated rings. The Morgan fingerprint density at radius 3 is 3.00 bits per heavy atom. The van der Waals surface area contributed by atoms with Crippen molar-refractivity contribution in [3.8, 4) is 0 Å². The maximum absolute atomic E-state index is 13.7. The van der Waals surface area contributed by atoms with Crippen molar-refractivity contribution in [2.24, 2.45) is 0 Å². The van der Waals surface area contributed by atoms with Crippen LogP contribution in [0.25, 0.3) is 0 Å². The van der Waals surface area contributed by atoms with E-state index in [0.29, 0.717) is 12.2 Å². The van der Waals surface area contributed by atoms with Crippen LogP contribution in [0.15, 0.2) is 12.4 Å². The third-order valence-corrected chi connectivity index (χ3v) is 2.67. The summed E-state index contributed by atoms with van der Waals surface area (Å²) in [5.74, 6) is 0. The summed E-state index contributed by atoms with van der Waals surface area (Å²) < 4.78 is 15.3. The van der Waals surface area contributed by atoms with Crippen molar-refractivity contribution in [1.82, 2.24) is 14.7 Å². The van der Waals surface area contributed by atoms with Crippen LogP contribution in [0.2, 0.25) is 0 Å². The molecule has 0 aliphatic carbocycles. The van der Waals surface area contributed by atoms with E-state index in [4.69, 9.17) is 5.73 Å². The zero-order valence-electron chi connectivity index (χ0n) is 8.23. The van der Waals surface area contributed by atoms with Crippen molar-refractivity contribution in [3.05, 3.63) is 12.4 Å². The van der Waals surface area contributed by atoms with Crippen LogP contribution in [-0.4, -0.2) is 41.0 Å². The van der Waals surface area contributed by atoms with Gasteiger partial charge in [0.2, 0.25) is 0 Å². The highest BCUT2D eigenvalue weighted by Gasteiger charge is 2.29.